The molecule has 6 nitrogen and oxygen atoms in total. The molecule has 1 aromatic heterocycles. The zero-order valence-corrected chi connectivity index (χ0v) is 12.2. The number of ether oxygens (including phenoxy) is 1. The Morgan fingerprint density at radius 3 is 3.05 bits per heavy atom. The fraction of sp³-hybridized carbons (Fsp3) is 0.467. The normalized spacial score (nSPS) is 20.9. The number of aliphatic hydroxyl groups is 1. The van der Waals surface area contributed by atoms with Crippen molar-refractivity contribution in [1.29, 1.82) is 0 Å². The summed E-state index contributed by atoms with van der Waals surface area (Å²) in [6.45, 7) is 2.98. The Labute approximate surface area is 128 Å². The number of halogens is 1. The van der Waals surface area contributed by atoms with E-state index in [9.17, 15) is 9.50 Å². The van der Waals surface area contributed by atoms with Crippen molar-refractivity contribution in [1.82, 2.24) is 19.7 Å². The summed E-state index contributed by atoms with van der Waals surface area (Å²) >= 11 is 0. The Morgan fingerprint density at radius 2 is 2.27 bits per heavy atom. The molecular weight excluding hydrogens is 287 g/mol. The molecule has 2 aromatic rings. The molecule has 0 saturated carbocycles. The Kier molecular flexibility index (Phi) is 4.77. The highest BCUT2D eigenvalue weighted by atomic mass is 19.1. The maximum atomic E-state index is 13.7. The summed E-state index contributed by atoms with van der Waals surface area (Å²) in [5.74, 6) is -0.373. The molecule has 2 heterocycles. The molecule has 0 bridgehead atoms. The molecule has 1 fully saturated rings. The molecule has 0 aliphatic carbocycles. The standard InChI is InChI=1S/C15H19FN4O2/c16-14-4-2-1-3-13(14)15(21)9-19-5-6-22-12(7-19)8-20-11-17-10-18-20/h1-4,10-12,15,21H,5-9H2/t12-,15+/m1/s1. The number of morpholine rings is 1. The van der Waals surface area contributed by atoms with Gasteiger partial charge in [0.25, 0.3) is 0 Å². The minimum Gasteiger partial charge on any atom is -0.387 e. The number of hydrogen-bond donors (Lipinski definition) is 1. The van der Waals surface area contributed by atoms with Crippen LogP contribution in [0.1, 0.15) is 11.7 Å². The lowest BCUT2D eigenvalue weighted by Crippen LogP contribution is -2.45. The second-order valence-corrected chi connectivity index (χ2v) is 5.41. The SMILES string of the molecule is O[C@@H](CN1CCO[C@@H](Cn2cncn2)C1)c1ccccc1F. The molecule has 0 spiro atoms. The highest BCUT2D eigenvalue weighted by molar-refractivity contribution is 5.20. The van der Waals surface area contributed by atoms with Crippen molar-refractivity contribution in [3.63, 3.8) is 0 Å². The predicted octanol–water partition coefficient (Wildman–Crippen LogP) is 0.852. The average molecular weight is 306 g/mol. The minimum atomic E-state index is -0.841. The lowest BCUT2D eigenvalue weighted by molar-refractivity contribution is -0.0489. The number of rotatable bonds is 5. The van der Waals surface area contributed by atoms with E-state index in [1.54, 1.807) is 29.2 Å². The van der Waals surface area contributed by atoms with Crippen molar-refractivity contribution in [2.24, 2.45) is 0 Å². The Bertz CT molecular complexity index is 593. The highest BCUT2D eigenvalue weighted by Gasteiger charge is 2.24. The van der Waals surface area contributed by atoms with E-state index in [2.05, 4.69) is 15.0 Å². The van der Waals surface area contributed by atoms with E-state index in [0.29, 0.717) is 31.8 Å². The van der Waals surface area contributed by atoms with Crippen molar-refractivity contribution < 1.29 is 14.2 Å². The van der Waals surface area contributed by atoms with Crippen molar-refractivity contribution in [2.45, 2.75) is 18.8 Å². The smallest absolute Gasteiger partial charge is 0.137 e. The molecule has 0 unspecified atom stereocenters. The van der Waals surface area contributed by atoms with Crippen LogP contribution in [0.15, 0.2) is 36.9 Å². The largest absolute Gasteiger partial charge is 0.387 e. The van der Waals surface area contributed by atoms with Gasteiger partial charge >= 0.3 is 0 Å². The van der Waals surface area contributed by atoms with Crippen LogP contribution in [0.2, 0.25) is 0 Å². The maximum absolute atomic E-state index is 13.7. The molecule has 0 radical (unpaired) electrons. The fourth-order valence-electron chi connectivity index (χ4n) is 2.68. The molecule has 0 amide bonds. The van der Waals surface area contributed by atoms with Crippen molar-refractivity contribution in [3.05, 3.63) is 48.3 Å². The van der Waals surface area contributed by atoms with Gasteiger partial charge in [0.1, 0.15) is 18.5 Å². The summed E-state index contributed by atoms with van der Waals surface area (Å²) in [6.07, 6.45) is 2.29. The van der Waals surface area contributed by atoms with Gasteiger partial charge in [-0.05, 0) is 6.07 Å². The molecule has 3 rings (SSSR count). The number of nitrogens with zero attached hydrogens (tertiary/aromatic N) is 4. The van der Waals surface area contributed by atoms with Crippen LogP contribution >= 0.6 is 0 Å². The maximum Gasteiger partial charge on any atom is 0.137 e. The number of hydrogen-bond acceptors (Lipinski definition) is 5. The molecule has 2 atom stereocenters. The van der Waals surface area contributed by atoms with Gasteiger partial charge in [0.15, 0.2) is 0 Å². The quantitative estimate of drug-likeness (QED) is 0.887. The zero-order chi connectivity index (χ0) is 15.4. The third-order valence-electron chi connectivity index (χ3n) is 3.78. The molecule has 7 heteroatoms. The second kappa shape index (κ2) is 6.95. The second-order valence-electron chi connectivity index (χ2n) is 5.41. The highest BCUT2D eigenvalue weighted by Crippen LogP contribution is 2.19. The van der Waals surface area contributed by atoms with Crippen LogP contribution in [0, 0.1) is 5.82 Å². The van der Waals surface area contributed by atoms with Crippen LogP contribution in [0.4, 0.5) is 4.39 Å². The van der Waals surface area contributed by atoms with Crippen LogP contribution < -0.4 is 0 Å². The van der Waals surface area contributed by atoms with E-state index >= 15 is 0 Å². The van der Waals surface area contributed by atoms with Gasteiger partial charge in [0.05, 0.1) is 25.4 Å². The molecule has 1 aliphatic heterocycles. The van der Waals surface area contributed by atoms with Gasteiger partial charge in [-0.25, -0.2) is 9.37 Å². The van der Waals surface area contributed by atoms with Crippen molar-refractivity contribution in [2.75, 3.05) is 26.2 Å². The van der Waals surface area contributed by atoms with Gasteiger partial charge in [-0.2, -0.15) is 5.10 Å². The van der Waals surface area contributed by atoms with Gasteiger partial charge in [-0.15, -0.1) is 0 Å². The molecule has 1 aromatic carbocycles. The van der Waals surface area contributed by atoms with Gasteiger partial charge in [0, 0.05) is 25.2 Å². The minimum absolute atomic E-state index is 0.0109. The van der Waals surface area contributed by atoms with Gasteiger partial charge in [-0.3, -0.25) is 9.58 Å². The van der Waals surface area contributed by atoms with Crippen LogP contribution in [-0.4, -0.2) is 57.1 Å². The summed E-state index contributed by atoms with van der Waals surface area (Å²) in [5.41, 5.74) is 0.335. The lowest BCUT2D eigenvalue weighted by Gasteiger charge is -2.34. The summed E-state index contributed by atoms with van der Waals surface area (Å²) < 4.78 is 21.1. The number of aromatic nitrogens is 3. The molecular formula is C15H19FN4O2. The van der Waals surface area contributed by atoms with Crippen LogP contribution in [0.3, 0.4) is 0 Å². The first-order chi connectivity index (χ1) is 10.7. The summed E-state index contributed by atoms with van der Waals surface area (Å²) in [6, 6.07) is 6.33. The molecule has 1 saturated heterocycles. The monoisotopic (exact) mass is 306 g/mol. The number of benzene rings is 1. The zero-order valence-electron chi connectivity index (χ0n) is 12.2. The van der Waals surface area contributed by atoms with Gasteiger partial charge in [0.2, 0.25) is 0 Å². The van der Waals surface area contributed by atoms with E-state index in [1.165, 1.54) is 12.4 Å². The Balaban J connectivity index is 1.57. The Hall–Kier alpha value is -1.83. The predicted molar refractivity (Wildman–Crippen MR) is 77.6 cm³/mol. The molecule has 1 N–H and O–H groups in total. The van der Waals surface area contributed by atoms with Gasteiger partial charge in [-0.1, -0.05) is 18.2 Å². The van der Waals surface area contributed by atoms with E-state index in [4.69, 9.17) is 4.74 Å². The average Bonchev–Trinajstić information content (AvgIpc) is 3.01. The summed E-state index contributed by atoms with van der Waals surface area (Å²) in [5, 5.41) is 14.3. The fourth-order valence-corrected chi connectivity index (χ4v) is 2.68. The topological polar surface area (TPSA) is 63.4 Å². The first-order valence-electron chi connectivity index (χ1n) is 7.31. The lowest BCUT2D eigenvalue weighted by atomic mass is 10.1. The third kappa shape index (κ3) is 3.68. The van der Waals surface area contributed by atoms with Crippen molar-refractivity contribution >= 4 is 0 Å². The van der Waals surface area contributed by atoms with Crippen molar-refractivity contribution in [3.8, 4) is 0 Å². The molecule has 1 aliphatic rings. The van der Waals surface area contributed by atoms with Crippen LogP contribution in [0.25, 0.3) is 0 Å². The summed E-state index contributed by atoms with van der Waals surface area (Å²) in [7, 11) is 0. The first kappa shape index (κ1) is 15.1. The molecule has 118 valence electrons. The molecule has 22 heavy (non-hydrogen) atoms. The van der Waals surface area contributed by atoms with Crippen LogP contribution in [-0.2, 0) is 11.3 Å². The van der Waals surface area contributed by atoms with Gasteiger partial charge < -0.3 is 9.84 Å². The van der Waals surface area contributed by atoms with E-state index in [-0.39, 0.29) is 11.9 Å². The number of aliphatic hydroxyl groups excluding tert-OH is 1. The first-order valence-corrected chi connectivity index (χ1v) is 7.31. The van der Waals surface area contributed by atoms with Crippen LogP contribution in [0.5, 0.6) is 0 Å². The Morgan fingerprint density at radius 1 is 1.41 bits per heavy atom. The summed E-state index contributed by atoms with van der Waals surface area (Å²) in [4.78, 5) is 5.99. The van der Waals surface area contributed by atoms with E-state index < -0.39 is 6.10 Å². The van der Waals surface area contributed by atoms with E-state index in [0.717, 1.165) is 6.54 Å². The third-order valence-corrected chi connectivity index (χ3v) is 3.78. The van der Waals surface area contributed by atoms with E-state index in [1.807, 2.05) is 0 Å². The number of β-amino-alcohol motifs (C(OH)–C–C–N with tert-alkyl or cyclic N) is 1.